The third-order valence-electron chi connectivity index (χ3n) is 2.67. The zero-order chi connectivity index (χ0) is 10.1. The van der Waals surface area contributed by atoms with Crippen LogP contribution in [0, 0.1) is 5.92 Å². The number of methoxy groups -OCH3 is 1. The number of nitrogens with zero attached hydrogens (tertiary/aromatic N) is 1. The maximum atomic E-state index is 11.3. The average Bonchev–Trinajstić information content (AvgIpc) is 2.59. The first-order valence-corrected chi connectivity index (χ1v) is 4.78. The summed E-state index contributed by atoms with van der Waals surface area (Å²) in [6.45, 7) is 2.16. The Balaban J connectivity index is 2.35. The molecule has 0 bridgehead atoms. The van der Waals surface area contributed by atoms with Crippen LogP contribution in [-0.2, 0) is 17.6 Å². The number of fused-ring (bicyclic) bond motifs is 1. The van der Waals surface area contributed by atoms with E-state index in [0.29, 0.717) is 11.6 Å². The van der Waals surface area contributed by atoms with E-state index in [1.807, 2.05) is 0 Å². The highest BCUT2D eigenvalue weighted by Crippen LogP contribution is 2.27. The van der Waals surface area contributed by atoms with Gasteiger partial charge < -0.3 is 9.26 Å². The normalized spacial score (nSPS) is 20.3. The van der Waals surface area contributed by atoms with Gasteiger partial charge in [-0.25, -0.2) is 4.79 Å². The minimum atomic E-state index is -0.399. The molecule has 0 saturated carbocycles. The second kappa shape index (κ2) is 3.44. The third-order valence-corrected chi connectivity index (χ3v) is 2.67. The Morgan fingerprint density at radius 2 is 2.43 bits per heavy atom. The summed E-state index contributed by atoms with van der Waals surface area (Å²) in [5.41, 5.74) is 1.30. The molecule has 1 heterocycles. The van der Waals surface area contributed by atoms with Gasteiger partial charge in [0.1, 0.15) is 5.76 Å². The molecule has 1 atom stereocenters. The Hall–Kier alpha value is -1.32. The molecule has 0 aliphatic heterocycles. The summed E-state index contributed by atoms with van der Waals surface area (Å²) < 4.78 is 9.74. The number of hydrogen-bond acceptors (Lipinski definition) is 4. The molecule has 0 radical (unpaired) electrons. The molecule has 4 heteroatoms. The molecule has 1 aliphatic carbocycles. The number of aromatic nitrogens is 1. The molecule has 1 aromatic rings. The number of aryl methyl sites for hydroxylation is 1. The van der Waals surface area contributed by atoms with E-state index in [1.165, 1.54) is 7.11 Å². The Kier molecular flexibility index (Phi) is 2.27. The van der Waals surface area contributed by atoms with Crippen molar-refractivity contribution in [1.82, 2.24) is 5.16 Å². The molecule has 1 unspecified atom stereocenters. The fourth-order valence-electron chi connectivity index (χ4n) is 1.84. The first-order valence-electron chi connectivity index (χ1n) is 4.78. The lowest BCUT2D eigenvalue weighted by Crippen LogP contribution is -2.13. The van der Waals surface area contributed by atoms with Crippen molar-refractivity contribution in [2.24, 2.45) is 5.92 Å². The van der Waals surface area contributed by atoms with Crippen LogP contribution in [0.2, 0.25) is 0 Å². The number of carbonyl (C=O) groups is 1. The predicted molar refractivity (Wildman–Crippen MR) is 49.0 cm³/mol. The van der Waals surface area contributed by atoms with E-state index in [0.717, 1.165) is 30.6 Å². The molecule has 4 nitrogen and oxygen atoms in total. The highest BCUT2D eigenvalue weighted by Gasteiger charge is 2.27. The maximum Gasteiger partial charge on any atom is 0.360 e. The molecule has 1 aliphatic rings. The molecule has 0 N–H and O–H groups in total. The van der Waals surface area contributed by atoms with Crippen molar-refractivity contribution in [2.45, 2.75) is 26.2 Å². The highest BCUT2D eigenvalue weighted by atomic mass is 16.5. The molecular weight excluding hydrogens is 182 g/mol. The summed E-state index contributed by atoms with van der Waals surface area (Å²) in [7, 11) is 1.36. The standard InChI is InChI=1S/C10H13NO3/c1-6-3-4-8-7(5-6)9(11-14-8)10(12)13-2/h6H,3-5H2,1-2H3. The first-order chi connectivity index (χ1) is 6.72. The van der Waals surface area contributed by atoms with Crippen molar-refractivity contribution < 1.29 is 14.1 Å². The summed E-state index contributed by atoms with van der Waals surface area (Å²) in [4.78, 5) is 11.3. The molecule has 0 aromatic carbocycles. The van der Waals surface area contributed by atoms with Crippen molar-refractivity contribution in [1.29, 1.82) is 0 Å². The van der Waals surface area contributed by atoms with E-state index in [-0.39, 0.29) is 0 Å². The second-order valence-electron chi connectivity index (χ2n) is 3.77. The topological polar surface area (TPSA) is 52.3 Å². The van der Waals surface area contributed by atoms with Crippen LogP contribution < -0.4 is 0 Å². The zero-order valence-corrected chi connectivity index (χ0v) is 8.37. The third kappa shape index (κ3) is 1.41. The van der Waals surface area contributed by atoms with Gasteiger partial charge in [0.05, 0.1) is 7.11 Å². The van der Waals surface area contributed by atoms with Gasteiger partial charge in [0, 0.05) is 12.0 Å². The van der Waals surface area contributed by atoms with Gasteiger partial charge in [0.2, 0.25) is 0 Å². The van der Waals surface area contributed by atoms with E-state index in [9.17, 15) is 4.79 Å². The zero-order valence-electron chi connectivity index (χ0n) is 8.37. The van der Waals surface area contributed by atoms with Gasteiger partial charge in [-0.05, 0) is 18.8 Å². The van der Waals surface area contributed by atoms with Crippen LogP contribution in [0.1, 0.15) is 35.2 Å². The van der Waals surface area contributed by atoms with Gasteiger partial charge in [-0.15, -0.1) is 0 Å². The lowest BCUT2D eigenvalue weighted by atomic mass is 9.88. The second-order valence-corrected chi connectivity index (χ2v) is 3.77. The van der Waals surface area contributed by atoms with Crippen LogP contribution in [0.3, 0.4) is 0 Å². The highest BCUT2D eigenvalue weighted by molar-refractivity contribution is 5.88. The number of hydrogen-bond donors (Lipinski definition) is 0. The van der Waals surface area contributed by atoms with E-state index in [2.05, 4.69) is 16.8 Å². The fraction of sp³-hybridized carbons (Fsp3) is 0.600. The number of carbonyl (C=O) groups excluding carboxylic acids is 1. The number of ether oxygens (including phenoxy) is 1. The number of esters is 1. The maximum absolute atomic E-state index is 11.3. The SMILES string of the molecule is COC(=O)c1noc2c1CC(C)CC2. The van der Waals surface area contributed by atoms with E-state index in [4.69, 9.17) is 4.52 Å². The van der Waals surface area contributed by atoms with Gasteiger partial charge in [-0.2, -0.15) is 0 Å². The van der Waals surface area contributed by atoms with E-state index in [1.54, 1.807) is 0 Å². The van der Waals surface area contributed by atoms with Crippen LogP contribution in [0.15, 0.2) is 4.52 Å². The van der Waals surface area contributed by atoms with Crippen molar-refractivity contribution in [3.8, 4) is 0 Å². The van der Waals surface area contributed by atoms with Gasteiger partial charge in [0.15, 0.2) is 5.69 Å². The Morgan fingerprint density at radius 1 is 1.64 bits per heavy atom. The quantitative estimate of drug-likeness (QED) is 0.638. The largest absolute Gasteiger partial charge is 0.464 e. The molecule has 0 fully saturated rings. The Labute approximate surface area is 82.2 Å². The minimum absolute atomic E-state index is 0.356. The summed E-state index contributed by atoms with van der Waals surface area (Å²) in [5.74, 6) is 1.04. The van der Waals surface area contributed by atoms with Crippen molar-refractivity contribution >= 4 is 5.97 Å². The molecule has 0 amide bonds. The summed E-state index contributed by atoms with van der Waals surface area (Å²) in [5, 5.41) is 3.75. The summed E-state index contributed by atoms with van der Waals surface area (Å²) in [6, 6.07) is 0. The van der Waals surface area contributed by atoms with E-state index < -0.39 is 5.97 Å². The van der Waals surface area contributed by atoms with Crippen molar-refractivity contribution in [2.75, 3.05) is 7.11 Å². The lowest BCUT2D eigenvalue weighted by Gasteiger charge is -2.15. The molecule has 76 valence electrons. The van der Waals surface area contributed by atoms with Gasteiger partial charge in [-0.3, -0.25) is 0 Å². The Bertz CT molecular complexity index is 356. The molecule has 2 rings (SSSR count). The van der Waals surface area contributed by atoms with Crippen LogP contribution >= 0.6 is 0 Å². The molecule has 14 heavy (non-hydrogen) atoms. The smallest absolute Gasteiger partial charge is 0.360 e. The lowest BCUT2D eigenvalue weighted by molar-refractivity contribution is 0.0588. The number of rotatable bonds is 1. The van der Waals surface area contributed by atoms with Crippen LogP contribution in [0.4, 0.5) is 0 Å². The molecular formula is C10H13NO3. The average molecular weight is 195 g/mol. The Morgan fingerprint density at radius 3 is 3.14 bits per heavy atom. The summed E-state index contributed by atoms with van der Waals surface area (Å²) in [6.07, 6.45) is 2.84. The molecule has 0 saturated heterocycles. The predicted octanol–water partition coefficient (Wildman–Crippen LogP) is 1.59. The summed E-state index contributed by atoms with van der Waals surface area (Å²) >= 11 is 0. The van der Waals surface area contributed by atoms with E-state index >= 15 is 0 Å². The fourth-order valence-corrected chi connectivity index (χ4v) is 1.84. The van der Waals surface area contributed by atoms with Crippen LogP contribution in [0.5, 0.6) is 0 Å². The van der Waals surface area contributed by atoms with Crippen molar-refractivity contribution in [3.63, 3.8) is 0 Å². The minimum Gasteiger partial charge on any atom is -0.464 e. The first kappa shape index (κ1) is 9.24. The van der Waals surface area contributed by atoms with Gasteiger partial charge in [0.25, 0.3) is 0 Å². The monoisotopic (exact) mass is 195 g/mol. The van der Waals surface area contributed by atoms with Crippen LogP contribution in [-0.4, -0.2) is 18.2 Å². The van der Waals surface area contributed by atoms with Crippen LogP contribution in [0.25, 0.3) is 0 Å². The molecule has 0 spiro atoms. The van der Waals surface area contributed by atoms with Crippen molar-refractivity contribution in [3.05, 3.63) is 17.0 Å². The van der Waals surface area contributed by atoms with Gasteiger partial charge in [-0.1, -0.05) is 12.1 Å². The molecule has 1 aromatic heterocycles. The van der Waals surface area contributed by atoms with Gasteiger partial charge >= 0.3 is 5.97 Å².